The van der Waals surface area contributed by atoms with Gasteiger partial charge in [-0.25, -0.2) is 18.3 Å². The first-order valence-corrected chi connectivity index (χ1v) is 11.6. The van der Waals surface area contributed by atoms with Gasteiger partial charge in [0.25, 0.3) is 0 Å². The van der Waals surface area contributed by atoms with Crippen LogP contribution in [-0.4, -0.2) is 15.9 Å². The van der Waals surface area contributed by atoms with Crippen LogP contribution in [0.4, 0.5) is 19.4 Å². The molecule has 1 aromatic heterocycles. The van der Waals surface area contributed by atoms with Crippen LogP contribution in [-0.2, 0) is 4.74 Å². The van der Waals surface area contributed by atoms with Crippen molar-refractivity contribution in [2.45, 2.75) is 31.8 Å². The van der Waals surface area contributed by atoms with E-state index in [9.17, 15) is 13.6 Å². The lowest BCUT2D eigenvalue weighted by molar-refractivity contribution is 0.121. The minimum Gasteiger partial charge on any atom is -0.441 e. The Morgan fingerprint density at radius 2 is 1.77 bits per heavy atom. The number of anilines is 1. The molecular formula is C27H22ClF2N3O2. The molecule has 1 N–H and O–H groups in total. The third-order valence-corrected chi connectivity index (χ3v) is 6.38. The first kappa shape index (κ1) is 23.1. The van der Waals surface area contributed by atoms with Gasteiger partial charge in [0.1, 0.15) is 11.9 Å². The van der Waals surface area contributed by atoms with Gasteiger partial charge in [0.2, 0.25) is 0 Å². The molecule has 1 aliphatic rings. The van der Waals surface area contributed by atoms with Gasteiger partial charge >= 0.3 is 6.09 Å². The molecule has 3 aromatic carbocycles. The number of halogens is 3. The molecule has 1 atom stereocenters. The molecule has 0 bridgehead atoms. The lowest BCUT2D eigenvalue weighted by atomic mass is 10.0. The van der Waals surface area contributed by atoms with E-state index in [0.29, 0.717) is 22.2 Å². The number of carbonyl (C=O) groups is 1. The number of carbonyl (C=O) groups excluding carboxylic acids is 1. The Labute approximate surface area is 206 Å². The molecule has 1 unspecified atom stereocenters. The summed E-state index contributed by atoms with van der Waals surface area (Å²) in [5.74, 6) is -0.728. The van der Waals surface area contributed by atoms with Crippen molar-refractivity contribution in [3.63, 3.8) is 0 Å². The highest BCUT2D eigenvalue weighted by Gasteiger charge is 2.26. The van der Waals surface area contributed by atoms with Crippen LogP contribution in [0.5, 0.6) is 0 Å². The van der Waals surface area contributed by atoms with E-state index in [0.717, 1.165) is 35.7 Å². The zero-order valence-corrected chi connectivity index (χ0v) is 19.6. The van der Waals surface area contributed by atoms with E-state index >= 15 is 0 Å². The van der Waals surface area contributed by atoms with Crippen LogP contribution in [0.3, 0.4) is 0 Å². The second-order valence-electron chi connectivity index (χ2n) is 8.50. The average molecular weight is 494 g/mol. The van der Waals surface area contributed by atoms with Crippen molar-refractivity contribution in [2.24, 2.45) is 0 Å². The lowest BCUT2D eigenvalue weighted by Gasteiger charge is -2.16. The van der Waals surface area contributed by atoms with E-state index in [4.69, 9.17) is 16.3 Å². The standard InChI is InChI=1S/C27H22ClF2N3O2/c1-16(21-4-2-3-5-23(21)28)35-27(34)32-26-25(30)15-31-33(26)20-11-8-17(9-12-20)19-10-13-22(18-6-7-18)24(29)14-19/h2-5,8-16,18H,6-7H2,1H3,(H,32,34). The summed E-state index contributed by atoms with van der Waals surface area (Å²) in [4.78, 5) is 12.5. The SMILES string of the molecule is CC(OC(=O)Nc1c(F)cnn1-c1ccc(-c2ccc(C3CC3)c(F)c2)cc1)c1ccccc1Cl. The molecule has 1 amide bonds. The van der Waals surface area contributed by atoms with Crippen molar-refractivity contribution in [3.8, 4) is 16.8 Å². The van der Waals surface area contributed by atoms with Crippen LogP contribution < -0.4 is 5.32 Å². The number of hydrogen-bond donors (Lipinski definition) is 1. The summed E-state index contributed by atoms with van der Waals surface area (Å²) >= 11 is 6.16. The minimum atomic E-state index is -0.846. The van der Waals surface area contributed by atoms with Crippen molar-refractivity contribution < 1.29 is 18.3 Å². The predicted octanol–water partition coefficient (Wildman–Crippen LogP) is 7.66. The van der Waals surface area contributed by atoms with Gasteiger partial charge in [-0.3, -0.25) is 5.32 Å². The van der Waals surface area contributed by atoms with Crippen LogP contribution in [0.15, 0.2) is 72.9 Å². The molecule has 0 saturated heterocycles. The number of benzene rings is 3. The van der Waals surface area contributed by atoms with Crippen LogP contribution in [0.2, 0.25) is 5.02 Å². The highest BCUT2D eigenvalue weighted by molar-refractivity contribution is 6.31. The Morgan fingerprint density at radius 3 is 2.46 bits per heavy atom. The van der Waals surface area contributed by atoms with Crippen LogP contribution in [0.25, 0.3) is 16.8 Å². The molecule has 5 nitrogen and oxygen atoms in total. The molecule has 1 fully saturated rings. The Kier molecular flexibility index (Phi) is 6.26. The highest BCUT2D eigenvalue weighted by Crippen LogP contribution is 2.42. The smallest absolute Gasteiger partial charge is 0.413 e. The van der Waals surface area contributed by atoms with Crippen LogP contribution in [0.1, 0.15) is 42.9 Å². The van der Waals surface area contributed by atoms with E-state index in [-0.39, 0.29) is 11.6 Å². The van der Waals surface area contributed by atoms with Crippen molar-refractivity contribution in [2.75, 3.05) is 5.32 Å². The normalized spacial score (nSPS) is 13.9. The second-order valence-corrected chi connectivity index (χ2v) is 8.91. The maximum atomic E-state index is 14.5. The number of rotatable bonds is 6. The van der Waals surface area contributed by atoms with Gasteiger partial charge in [-0.2, -0.15) is 5.10 Å². The van der Waals surface area contributed by atoms with E-state index in [2.05, 4.69) is 10.4 Å². The van der Waals surface area contributed by atoms with E-state index in [1.165, 1.54) is 4.68 Å². The molecule has 1 heterocycles. The van der Waals surface area contributed by atoms with Crippen LogP contribution in [0, 0.1) is 11.6 Å². The van der Waals surface area contributed by atoms with Gasteiger partial charge in [-0.1, -0.05) is 54.1 Å². The monoisotopic (exact) mass is 493 g/mol. The summed E-state index contributed by atoms with van der Waals surface area (Å²) in [5, 5.41) is 6.92. The zero-order chi connectivity index (χ0) is 24.5. The summed E-state index contributed by atoms with van der Waals surface area (Å²) < 4.78 is 35.6. The topological polar surface area (TPSA) is 56.1 Å². The van der Waals surface area contributed by atoms with Crippen molar-refractivity contribution in [1.82, 2.24) is 9.78 Å². The Hall–Kier alpha value is -3.71. The third kappa shape index (κ3) is 4.91. The van der Waals surface area contributed by atoms with E-state index < -0.39 is 18.0 Å². The van der Waals surface area contributed by atoms with Crippen molar-refractivity contribution in [1.29, 1.82) is 0 Å². The fourth-order valence-corrected chi connectivity index (χ4v) is 4.31. The molecular weight excluding hydrogens is 472 g/mol. The fourth-order valence-electron chi connectivity index (χ4n) is 4.02. The quantitative estimate of drug-likeness (QED) is 0.300. The van der Waals surface area contributed by atoms with Crippen molar-refractivity contribution in [3.05, 3.63) is 101 Å². The molecule has 0 aliphatic heterocycles. The zero-order valence-electron chi connectivity index (χ0n) is 18.8. The summed E-state index contributed by atoms with van der Waals surface area (Å²) in [5.41, 5.74) is 3.48. The first-order chi connectivity index (χ1) is 16.9. The van der Waals surface area contributed by atoms with E-state index in [1.807, 2.05) is 12.1 Å². The van der Waals surface area contributed by atoms with Gasteiger partial charge in [0.05, 0.1) is 11.9 Å². The fraction of sp³-hybridized carbons (Fsp3) is 0.185. The van der Waals surface area contributed by atoms with Gasteiger partial charge in [-0.15, -0.1) is 0 Å². The summed E-state index contributed by atoms with van der Waals surface area (Å²) in [6.07, 6.45) is 1.59. The summed E-state index contributed by atoms with van der Waals surface area (Å²) in [6.45, 7) is 1.67. The predicted molar refractivity (Wildman–Crippen MR) is 131 cm³/mol. The molecule has 8 heteroatoms. The average Bonchev–Trinajstić information content (AvgIpc) is 3.63. The molecule has 5 rings (SSSR count). The number of amides is 1. The van der Waals surface area contributed by atoms with Gasteiger partial charge < -0.3 is 4.74 Å². The Bertz CT molecular complexity index is 1380. The molecule has 35 heavy (non-hydrogen) atoms. The Morgan fingerprint density at radius 1 is 1.06 bits per heavy atom. The number of hydrogen-bond acceptors (Lipinski definition) is 3. The number of ether oxygens (including phenoxy) is 1. The molecule has 0 spiro atoms. The summed E-state index contributed by atoms with van der Waals surface area (Å²) in [7, 11) is 0. The Balaban J connectivity index is 1.32. The summed E-state index contributed by atoms with van der Waals surface area (Å²) in [6, 6.07) is 19.3. The first-order valence-electron chi connectivity index (χ1n) is 11.3. The molecule has 4 aromatic rings. The third-order valence-electron chi connectivity index (χ3n) is 6.03. The largest absolute Gasteiger partial charge is 0.441 e. The number of aromatic nitrogens is 2. The molecule has 1 aliphatic carbocycles. The minimum absolute atomic E-state index is 0.158. The molecule has 178 valence electrons. The molecule has 0 radical (unpaired) electrons. The van der Waals surface area contributed by atoms with Crippen molar-refractivity contribution >= 4 is 23.5 Å². The maximum Gasteiger partial charge on any atom is 0.413 e. The second kappa shape index (κ2) is 9.50. The maximum absolute atomic E-state index is 14.5. The lowest BCUT2D eigenvalue weighted by Crippen LogP contribution is -2.19. The highest BCUT2D eigenvalue weighted by atomic mass is 35.5. The number of nitrogens with zero attached hydrogens (tertiary/aromatic N) is 2. The van der Waals surface area contributed by atoms with Crippen LogP contribution >= 0.6 is 11.6 Å². The van der Waals surface area contributed by atoms with Gasteiger partial charge in [-0.05, 0) is 66.6 Å². The van der Waals surface area contributed by atoms with Gasteiger partial charge in [0, 0.05) is 10.6 Å². The van der Waals surface area contributed by atoms with E-state index in [1.54, 1.807) is 61.5 Å². The van der Waals surface area contributed by atoms with Gasteiger partial charge in [0.15, 0.2) is 11.6 Å². The molecule has 1 saturated carbocycles. The number of nitrogens with one attached hydrogen (secondary N) is 1.